The van der Waals surface area contributed by atoms with Gasteiger partial charge in [-0.3, -0.25) is 0 Å². The maximum atomic E-state index is 9.33. The Labute approximate surface area is 117 Å². The molecule has 5 heteroatoms. The molecule has 100 valence electrons. The number of fused-ring (bicyclic) bond motifs is 1. The zero-order valence-corrected chi connectivity index (χ0v) is 11.6. The van der Waals surface area contributed by atoms with E-state index in [0.717, 1.165) is 29.6 Å². The molecule has 0 saturated heterocycles. The van der Waals surface area contributed by atoms with Gasteiger partial charge >= 0.3 is 0 Å². The molecule has 0 radical (unpaired) electrons. The molecule has 2 aromatic rings. The van der Waals surface area contributed by atoms with Gasteiger partial charge in [0, 0.05) is 5.92 Å². The smallest absolute Gasteiger partial charge is 0.233 e. The van der Waals surface area contributed by atoms with E-state index < -0.39 is 0 Å². The van der Waals surface area contributed by atoms with E-state index in [2.05, 4.69) is 21.0 Å². The fourth-order valence-corrected chi connectivity index (χ4v) is 2.99. The Morgan fingerprint density at radius 2 is 2.10 bits per heavy atom. The van der Waals surface area contributed by atoms with Crippen molar-refractivity contribution in [2.24, 2.45) is 0 Å². The van der Waals surface area contributed by atoms with Crippen molar-refractivity contribution in [2.75, 3.05) is 0 Å². The van der Waals surface area contributed by atoms with Gasteiger partial charge in [-0.2, -0.15) is 10.4 Å². The third kappa shape index (κ3) is 1.67. The number of nitriles is 1. The van der Waals surface area contributed by atoms with Crippen molar-refractivity contribution in [1.29, 1.82) is 5.26 Å². The number of hydrogen-bond acceptors (Lipinski definition) is 3. The SMILES string of the molecule is [C-]#[N+]c1c(C#N)c2nc(C3CCCC3)nn2c1=C(C)C. The van der Waals surface area contributed by atoms with E-state index in [1.807, 2.05) is 13.8 Å². The third-order valence-electron chi connectivity index (χ3n) is 3.94. The molecule has 1 aliphatic rings. The minimum Gasteiger partial charge on any atom is -0.234 e. The number of aromatic nitrogens is 3. The lowest BCUT2D eigenvalue weighted by Gasteiger charge is -2.01. The fourth-order valence-electron chi connectivity index (χ4n) is 2.99. The van der Waals surface area contributed by atoms with Gasteiger partial charge in [-0.25, -0.2) is 14.3 Å². The minimum atomic E-state index is 0.355. The van der Waals surface area contributed by atoms with Gasteiger partial charge in [-0.05, 0) is 26.7 Å². The highest BCUT2D eigenvalue weighted by atomic mass is 15.3. The summed E-state index contributed by atoms with van der Waals surface area (Å²) in [5.74, 6) is 1.23. The van der Waals surface area contributed by atoms with Crippen LogP contribution in [0.3, 0.4) is 0 Å². The second-order valence-electron chi connectivity index (χ2n) is 5.48. The average molecular weight is 265 g/mol. The molecule has 0 unspecified atom stereocenters. The lowest BCUT2D eigenvalue weighted by atomic mass is 10.1. The topological polar surface area (TPSA) is 58.3 Å². The molecule has 0 atom stereocenters. The summed E-state index contributed by atoms with van der Waals surface area (Å²) in [5.41, 5.74) is 2.25. The van der Waals surface area contributed by atoms with Crippen LogP contribution in [0.25, 0.3) is 16.1 Å². The van der Waals surface area contributed by atoms with E-state index >= 15 is 0 Å². The van der Waals surface area contributed by atoms with Gasteiger partial charge in [0.25, 0.3) is 0 Å². The Kier molecular flexibility index (Phi) is 2.91. The Bertz CT molecular complexity index is 805. The first-order valence-corrected chi connectivity index (χ1v) is 6.84. The largest absolute Gasteiger partial charge is 0.234 e. The van der Waals surface area contributed by atoms with Gasteiger partial charge in [0.1, 0.15) is 5.56 Å². The van der Waals surface area contributed by atoms with Crippen molar-refractivity contribution in [3.63, 3.8) is 0 Å². The molecule has 2 aromatic heterocycles. The van der Waals surface area contributed by atoms with Gasteiger partial charge in [0.15, 0.2) is 11.5 Å². The van der Waals surface area contributed by atoms with Crippen molar-refractivity contribution >= 4 is 16.9 Å². The molecule has 0 N–H and O–H groups in total. The number of hydrogen-bond donors (Lipinski definition) is 0. The van der Waals surface area contributed by atoms with Crippen LogP contribution in [-0.4, -0.2) is 14.6 Å². The number of rotatable bonds is 1. The van der Waals surface area contributed by atoms with Gasteiger partial charge in [-0.1, -0.05) is 18.4 Å². The fraction of sp³-hybridized carbons (Fsp3) is 0.467. The first kappa shape index (κ1) is 12.6. The predicted molar refractivity (Wildman–Crippen MR) is 75.1 cm³/mol. The second kappa shape index (κ2) is 4.61. The van der Waals surface area contributed by atoms with Crippen LogP contribution in [-0.2, 0) is 0 Å². The molecule has 1 saturated carbocycles. The van der Waals surface area contributed by atoms with Crippen LogP contribution in [0.4, 0.5) is 5.69 Å². The first-order chi connectivity index (χ1) is 9.67. The Hall–Kier alpha value is -2.40. The Morgan fingerprint density at radius 1 is 1.40 bits per heavy atom. The summed E-state index contributed by atoms with van der Waals surface area (Å²) in [6.45, 7) is 11.2. The van der Waals surface area contributed by atoms with Crippen LogP contribution in [0.2, 0.25) is 0 Å². The van der Waals surface area contributed by atoms with Crippen molar-refractivity contribution in [3.05, 3.63) is 28.2 Å². The molecular formula is C15H15N5. The van der Waals surface area contributed by atoms with E-state index in [-0.39, 0.29) is 0 Å². The highest BCUT2D eigenvalue weighted by Gasteiger charge is 2.25. The van der Waals surface area contributed by atoms with Crippen LogP contribution in [0.1, 0.15) is 56.8 Å². The standard InChI is InChI=1S/C15H15N5/c1-9(2)13-12(17-3)11(8-16)15-18-14(19-20(13)15)10-6-4-5-7-10/h10H,4-7H2,1-2H3. The molecule has 0 spiro atoms. The van der Waals surface area contributed by atoms with E-state index in [4.69, 9.17) is 6.57 Å². The molecule has 0 amide bonds. The quantitative estimate of drug-likeness (QED) is 0.745. The summed E-state index contributed by atoms with van der Waals surface area (Å²) in [4.78, 5) is 8.05. The zero-order valence-electron chi connectivity index (χ0n) is 11.6. The van der Waals surface area contributed by atoms with Crippen molar-refractivity contribution in [3.8, 4) is 6.07 Å². The summed E-state index contributed by atoms with van der Waals surface area (Å²) in [6, 6.07) is 2.12. The maximum absolute atomic E-state index is 9.33. The third-order valence-corrected chi connectivity index (χ3v) is 3.94. The average Bonchev–Trinajstić information content (AvgIpc) is 3.11. The van der Waals surface area contributed by atoms with Gasteiger partial charge in [0.2, 0.25) is 5.69 Å². The van der Waals surface area contributed by atoms with Crippen LogP contribution in [0.5, 0.6) is 0 Å². The van der Waals surface area contributed by atoms with E-state index in [1.54, 1.807) is 4.52 Å². The van der Waals surface area contributed by atoms with Gasteiger partial charge in [0.05, 0.1) is 18.0 Å². The zero-order chi connectivity index (χ0) is 14.3. The molecule has 20 heavy (non-hydrogen) atoms. The predicted octanol–water partition coefficient (Wildman–Crippen LogP) is 2.72. The molecule has 0 aliphatic heterocycles. The monoisotopic (exact) mass is 265 g/mol. The summed E-state index contributed by atoms with van der Waals surface area (Å²) in [5, 5.41) is 14.6. The maximum Gasteiger partial charge on any atom is 0.233 e. The van der Waals surface area contributed by atoms with E-state index in [1.165, 1.54) is 12.8 Å². The normalized spacial score (nSPS) is 15.4. The van der Waals surface area contributed by atoms with Crippen LogP contribution in [0, 0.1) is 17.9 Å². The summed E-state index contributed by atoms with van der Waals surface area (Å²) < 4.78 is 1.69. The van der Waals surface area contributed by atoms with Gasteiger partial charge < -0.3 is 0 Å². The highest BCUT2D eigenvalue weighted by Crippen LogP contribution is 2.33. The summed E-state index contributed by atoms with van der Waals surface area (Å²) in [6.07, 6.45) is 4.68. The first-order valence-electron chi connectivity index (χ1n) is 6.84. The summed E-state index contributed by atoms with van der Waals surface area (Å²) >= 11 is 0. The molecule has 2 heterocycles. The molecular weight excluding hydrogens is 250 g/mol. The Balaban J connectivity index is 2.33. The Morgan fingerprint density at radius 3 is 2.65 bits per heavy atom. The molecule has 1 fully saturated rings. The van der Waals surface area contributed by atoms with Crippen LogP contribution in [0.15, 0.2) is 0 Å². The second-order valence-corrected chi connectivity index (χ2v) is 5.48. The highest BCUT2D eigenvalue weighted by molar-refractivity contribution is 5.75. The molecule has 1 aliphatic carbocycles. The van der Waals surface area contributed by atoms with Crippen molar-refractivity contribution < 1.29 is 0 Å². The molecule has 0 bridgehead atoms. The van der Waals surface area contributed by atoms with E-state index in [9.17, 15) is 5.26 Å². The van der Waals surface area contributed by atoms with Crippen molar-refractivity contribution in [1.82, 2.24) is 14.6 Å². The molecule has 3 rings (SSSR count). The number of nitrogens with zero attached hydrogens (tertiary/aromatic N) is 5. The molecule has 0 aromatic carbocycles. The van der Waals surface area contributed by atoms with Crippen molar-refractivity contribution in [2.45, 2.75) is 45.4 Å². The van der Waals surface area contributed by atoms with Crippen LogP contribution >= 0.6 is 0 Å². The molecule has 5 nitrogen and oxygen atoms in total. The van der Waals surface area contributed by atoms with Gasteiger partial charge in [-0.15, -0.1) is 0 Å². The minimum absolute atomic E-state index is 0.355. The summed E-state index contributed by atoms with van der Waals surface area (Å²) in [7, 11) is 0. The lowest BCUT2D eigenvalue weighted by molar-refractivity contribution is 0.664. The lowest BCUT2D eigenvalue weighted by Crippen LogP contribution is -2.12. The van der Waals surface area contributed by atoms with Crippen LogP contribution < -0.4 is 5.35 Å². The van der Waals surface area contributed by atoms with E-state index in [0.29, 0.717) is 22.8 Å².